The van der Waals surface area contributed by atoms with Gasteiger partial charge in [-0.15, -0.1) is 0 Å². The zero-order chi connectivity index (χ0) is 19.3. The molecule has 0 aliphatic rings. The quantitative estimate of drug-likeness (QED) is 0.411. The normalized spacial score (nSPS) is 10.7. The highest BCUT2D eigenvalue weighted by Gasteiger charge is 2.11. The van der Waals surface area contributed by atoms with E-state index in [9.17, 15) is 20.1 Å². The lowest BCUT2D eigenvalue weighted by Crippen LogP contribution is -1.96. The van der Waals surface area contributed by atoms with Crippen LogP contribution in [0.4, 0.5) is 0 Å². The molecule has 0 unspecified atom stereocenters. The number of hydrogen-bond acceptors (Lipinski definition) is 5. The SMILES string of the molecule is COc1cc(O)c(CC=C(C)C)cc1C=CC(=O)c1ccc(O)cc1O. The molecule has 5 nitrogen and oxygen atoms in total. The summed E-state index contributed by atoms with van der Waals surface area (Å²) < 4.78 is 5.26. The fourth-order valence-corrected chi connectivity index (χ4v) is 2.40. The Hall–Kier alpha value is -3.21. The minimum Gasteiger partial charge on any atom is -0.508 e. The summed E-state index contributed by atoms with van der Waals surface area (Å²) in [6.07, 6.45) is 5.44. The molecule has 0 saturated carbocycles. The van der Waals surface area contributed by atoms with Crippen LogP contribution >= 0.6 is 0 Å². The van der Waals surface area contributed by atoms with Crippen molar-refractivity contribution in [3.63, 3.8) is 0 Å². The lowest BCUT2D eigenvalue weighted by atomic mass is 10.0. The Bertz CT molecular complexity index is 874. The van der Waals surface area contributed by atoms with Gasteiger partial charge in [0.15, 0.2) is 5.78 Å². The van der Waals surface area contributed by atoms with E-state index < -0.39 is 5.78 Å². The summed E-state index contributed by atoms with van der Waals surface area (Å²) in [6.45, 7) is 3.95. The topological polar surface area (TPSA) is 87.0 Å². The number of ether oxygens (including phenoxy) is 1. The fraction of sp³-hybridized carbons (Fsp3) is 0.190. The predicted molar refractivity (Wildman–Crippen MR) is 101 cm³/mol. The van der Waals surface area contributed by atoms with Gasteiger partial charge >= 0.3 is 0 Å². The second-order valence-corrected chi connectivity index (χ2v) is 6.11. The third-order valence-electron chi connectivity index (χ3n) is 3.82. The Morgan fingerprint density at radius 2 is 1.81 bits per heavy atom. The van der Waals surface area contributed by atoms with Gasteiger partial charge in [-0.1, -0.05) is 11.6 Å². The zero-order valence-electron chi connectivity index (χ0n) is 15.0. The van der Waals surface area contributed by atoms with E-state index in [-0.39, 0.29) is 22.8 Å². The lowest BCUT2D eigenvalue weighted by molar-refractivity contribution is 0.104. The number of phenols is 3. The van der Waals surface area contributed by atoms with Crippen LogP contribution in [0.2, 0.25) is 0 Å². The van der Waals surface area contributed by atoms with Gasteiger partial charge in [0.05, 0.1) is 12.7 Å². The molecule has 0 spiro atoms. The second-order valence-electron chi connectivity index (χ2n) is 6.11. The number of allylic oxidation sites excluding steroid dienone is 3. The Labute approximate surface area is 152 Å². The van der Waals surface area contributed by atoms with E-state index in [1.807, 2.05) is 19.9 Å². The highest BCUT2D eigenvalue weighted by atomic mass is 16.5. The molecule has 2 rings (SSSR count). The predicted octanol–water partition coefficient (Wildman–Crippen LogP) is 4.22. The third kappa shape index (κ3) is 4.66. The molecule has 0 aliphatic carbocycles. The average Bonchev–Trinajstić information content (AvgIpc) is 2.58. The molecule has 2 aromatic rings. The first-order valence-electron chi connectivity index (χ1n) is 8.09. The van der Waals surface area contributed by atoms with Crippen molar-refractivity contribution in [2.75, 3.05) is 7.11 Å². The molecule has 3 N–H and O–H groups in total. The van der Waals surface area contributed by atoms with Crippen molar-refractivity contribution in [1.29, 1.82) is 0 Å². The summed E-state index contributed by atoms with van der Waals surface area (Å²) in [5.74, 6) is -0.265. The highest BCUT2D eigenvalue weighted by Crippen LogP contribution is 2.30. The fourth-order valence-electron chi connectivity index (χ4n) is 2.40. The minimum absolute atomic E-state index is 0.0848. The zero-order valence-corrected chi connectivity index (χ0v) is 15.0. The average molecular weight is 354 g/mol. The van der Waals surface area contributed by atoms with Gasteiger partial charge in [-0.25, -0.2) is 0 Å². The number of hydrogen-bond donors (Lipinski definition) is 3. The molecule has 0 fully saturated rings. The van der Waals surface area contributed by atoms with Crippen LogP contribution in [0.25, 0.3) is 6.08 Å². The van der Waals surface area contributed by atoms with Crippen LogP contribution in [-0.4, -0.2) is 28.2 Å². The Kier molecular flexibility index (Phi) is 6.07. The number of ketones is 1. The minimum atomic E-state index is -0.413. The van der Waals surface area contributed by atoms with Gasteiger partial charge in [0.1, 0.15) is 23.0 Å². The molecular weight excluding hydrogens is 332 g/mol. The van der Waals surface area contributed by atoms with Crippen LogP contribution in [0.1, 0.15) is 35.3 Å². The van der Waals surface area contributed by atoms with Crippen LogP contribution in [0.5, 0.6) is 23.0 Å². The van der Waals surface area contributed by atoms with E-state index in [1.165, 1.54) is 31.4 Å². The van der Waals surface area contributed by atoms with Gasteiger partial charge in [-0.05, 0) is 56.2 Å². The Balaban J connectivity index is 2.34. The van der Waals surface area contributed by atoms with Crippen LogP contribution in [0.3, 0.4) is 0 Å². The number of carbonyl (C=O) groups is 1. The van der Waals surface area contributed by atoms with Crippen molar-refractivity contribution in [2.45, 2.75) is 20.3 Å². The van der Waals surface area contributed by atoms with Crippen molar-refractivity contribution < 1.29 is 24.9 Å². The molecule has 0 radical (unpaired) electrons. The van der Waals surface area contributed by atoms with Crippen molar-refractivity contribution in [1.82, 2.24) is 0 Å². The van der Waals surface area contributed by atoms with Crippen LogP contribution < -0.4 is 4.74 Å². The molecule has 136 valence electrons. The van der Waals surface area contributed by atoms with Gasteiger partial charge < -0.3 is 20.1 Å². The lowest BCUT2D eigenvalue weighted by Gasteiger charge is -2.10. The molecule has 2 aromatic carbocycles. The molecule has 5 heteroatoms. The van der Waals surface area contributed by atoms with Gasteiger partial charge in [0.2, 0.25) is 0 Å². The monoisotopic (exact) mass is 354 g/mol. The largest absolute Gasteiger partial charge is 0.508 e. The van der Waals surface area contributed by atoms with Crippen LogP contribution in [0, 0.1) is 0 Å². The van der Waals surface area contributed by atoms with Crippen molar-refractivity contribution in [2.24, 2.45) is 0 Å². The molecule has 0 heterocycles. The molecular formula is C21H22O5. The van der Waals surface area contributed by atoms with E-state index in [0.29, 0.717) is 23.3 Å². The molecule has 0 aliphatic heterocycles. The number of carbonyl (C=O) groups excluding carboxylic acids is 1. The van der Waals surface area contributed by atoms with E-state index in [0.717, 1.165) is 11.6 Å². The molecule has 26 heavy (non-hydrogen) atoms. The number of aromatic hydroxyl groups is 3. The summed E-state index contributed by atoms with van der Waals surface area (Å²) in [7, 11) is 1.48. The summed E-state index contributed by atoms with van der Waals surface area (Å²) >= 11 is 0. The van der Waals surface area contributed by atoms with Gasteiger partial charge in [0, 0.05) is 17.7 Å². The van der Waals surface area contributed by atoms with E-state index >= 15 is 0 Å². The first kappa shape index (κ1) is 19.1. The van der Waals surface area contributed by atoms with E-state index in [2.05, 4.69) is 0 Å². The van der Waals surface area contributed by atoms with E-state index in [4.69, 9.17) is 4.74 Å². The molecule has 0 amide bonds. The Morgan fingerprint density at radius 3 is 2.42 bits per heavy atom. The van der Waals surface area contributed by atoms with Crippen molar-refractivity contribution >= 4 is 11.9 Å². The maximum Gasteiger partial charge on any atom is 0.189 e. The highest BCUT2D eigenvalue weighted by molar-refractivity contribution is 6.08. The summed E-state index contributed by atoms with van der Waals surface area (Å²) in [4.78, 5) is 12.3. The van der Waals surface area contributed by atoms with Gasteiger partial charge in [-0.2, -0.15) is 0 Å². The Morgan fingerprint density at radius 1 is 1.08 bits per heavy atom. The first-order chi connectivity index (χ1) is 12.3. The van der Waals surface area contributed by atoms with Crippen molar-refractivity contribution in [3.05, 3.63) is 64.7 Å². The number of benzene rings is 2. The van der Waals surface area contributed by atoms with Crippen LogP contribution in [-0.2, 0) is 6.42 Å². The number of methoxy groups -OCH3 is 1. The first-order valence-corrected chi connectivity index (χ1v) is 8.09. The van der Waals surface area contributed by atoms with Gasteiger partial charge in [0.25, 0.3) is 0 Å². The maximum absolute atomic E-state index is 12.3. The third-order valence-corrected chi connectivity index (χ3v) is 3.82. The maximum atomic E-state index is 12.3. The number of phenolic OH excluding ortho intramolecular Hbond substituents is 3. The van der Waals surface area contributed by atoms with E-state index in [1.54, 1.807) is 12.1 Å². The second kappa shape index (κ2) is 8.25. The molecule has 0 bridgehead atoms. The summed E-state index contributed by atoms with van der Waals surface area (Å²) in [5.41, 5.74) is 2.57. The smallest absolute Gasteiger partial charge is 0.189 e. The molecule has 0 aromatic heterocycles. The number of rotatable bonds is 6. The van der Waals surface area contributed by atoms with Gasteiger partial charge in [-0.3, -0.25) is 4.79 Å². The molecule has 0 saturated heterocycles. The summed E-state index contributed by atoms with van der Waals surface area (Å²) in [5, 5.41) is 29.2. The van der Waals surface area contributed by atoms with Crippen molar-refractivity contribution in [3.8, 4) is 23.0 Å². The molecule has 0 atom stereocenters. The van der Waals surface area contributed by atoms with Crippen LogP contribution in [0.15, 0.2) is 48.1 Å². The summed E-state index contributed by atoms with van der Waals surface area (Å²) in [6, 6.07) is 7.06. The standard InChI is InChI=1S/C21H22O5/c1-13(2)4-5-14-10-15(21(26-3)12-19(14)24)6-9-18(23)17-8-7-16(22)11-20(17)25/h4,6-12,22,24-25H,5H2,1-3H3.